The van der Waals surface area contributed by atoms with E-state index < -0.39 is 0 Å². The SMILES string of the molecule is CCCCCCCCCCC(C=O)[Se]C. The fourth-order valence-electron chi connectivity index (χ4n) is 1.72. The summed E-state index contributed by atoms with van der Waals surface area (Å²) in [5, 5.41) is 0. The third kappa shape index (κ3) is 10.5. The van der Waals surface area contributed by atoms with Crippen molar-refractivity contribution >= 4 is 21.2 Å². The van der Waals surface area contributed by atoms with Crippen molar-refractivity contribution in [3.63, 3.8) is 0 Å². The Balaban J connectivity index is 3.07. The van der Waals surface area contributed by atoms with E-state index in [0.29, 0.717) is 19.8 Å². The zero-order valence-corrected chi connectivity index (χ0v) is 12.0. The van der Waals surface area contributed by atoms with E-state index in [2.05, 4.69) is 12.7 Å². The van der Waals surface area contributed by atoms with Crippen LogP contribution in [-0.2, 0) is 4.79 Å². The molecule has 0 rings (SSSR count). The standard InChI is InChI=1S/C13H26OSe/c1-3-4-5-6-7-8-9-10-11-13(12-14)15-2/h12-13H,3-11H2,1-2H3. The van der Waals surface area contributed by atoms with E-state index in [0.717, 1.165) is 12.7 Å². The van der Waals surface area contributed by atoms with Crippen LogP contribution >= 0.6 is 0 Å². The zero-order valence-electron chi connectivity index (χ0n) is 10.3. The van der Waals surface area contributed by atoms with Gasteiger partial charge in [0.1, 0.15) is 0 Å². The first-order valence-corrected chi connectivity index (χ1v) is 9.03. The Morgan fingerprint density at radius 2 is 1.53 bits per heavy atom. The molecule has 1 nitrogen and oxygen atoms in total. The molecule has 0 heterocycles. The Morgan fingerprint density at radius 3 is 2.00 bits per heavy atom. The normalized spacial score (nSPS) is 12.7. The molecule has 1 unspecified atom stereocenters. The van der Waals surface area contributed by atoms with Crippen molar-refractivity contribution in [2.24, 2.45) is 0 Å². The van der Waals surface area contributed by atoms with Crippen LogP contribution in [0.15, 0.2) is 0 Å². The molecule has 0 amide bonds. The monoisotopic (exact) mass is 278 g/mol. The first-order chi connectivity index (χ1) is 7.35. The van der Waals surface area contributed by atoms with Crippen molar-refractivity contribution in [2.45, 2.75) is 75.3 Å². The maximum absolute atomic E-state index is 10.6. The molecule has 0 aliphatic rings. The quantitative estimate of drug-likeness (QED) is 0.313. The number of carbonyl (C=O) groups is 1. The first-order valence-electron chi connectivity index (χ1n) is 6.33. The van der Waals surface area contributed by atoms with Gasteiger partial charge in [0.05, 0.1) is 0 Å². The third-order valence-corrected chi connectivity index (χ3v) is 4.79. The third-order valence-electron chi connectivity index (χ3n) is 2.80. The summed E-state index contributed by atoms with van der Waals surface area (Å²) in [5.41, 5.74) is 0. The number of unbranched alkanes of at least 4 members (excludes halogenated alkanes) is 7. The zero-order chi connectivity index (χ0) is 11.4. The second-order valence-electron chi connectivity index (χ2n) is 4.17. The number of carbonyl (C=O) groups excluding carboxylic acids is 1. The Kier molecular flexibility index (Phi) is 12.4. The van der Waals surface area contributed by atoms with Crippen molar-refractivity contribution in [2.75, 3.05) is 0 Å². The summed E-state index contributed by atoms with van der Waals surface area (Å²) in [6, 6.07) is 0. The topological polar surface area (TPSA) is 17.1 Å². The van der Waals surface area contributed by atoms with Crippen LogP contribution in [-0.4, -0.2) is 21.2 Å². The van der Waals surface area contributed by atoms with Gasteiger partial charge < -0.3 is 0 Å². The van der Waals surface area contributed by atoms with Gasteiger partial charge in [0.2, 0.25) is 0 Å². The van der Waals surface area contributed by atoms with Gasteiger partial charge in [-0.3, -0.25) is 0 Å². The molecule has 90 valence electrons. The number of rotatable bonds is 11. The van der Waals surface area contributed by atoms with E-state index in [1.54, 1.807) is 0 Å². The van der Waals surface area contributed by atoms with Crippen LogP contribution in [0.3, 0.4) is 0 Å². The summed E-state index contributed by atoms with van der Waals surface area (Å²) in [7, 11) is 0. The molecule has 0 bridgehead atoms. The van der Waals surface area contributed by atoms with Gasteiger partial charge in [-0.2, -0.15) is 0 Å². The minimum atomic E-state index is 0.387. The Morgan fingerprint density at radius 1 is 1.00 bits per heavy atom. The van der Waals surface area contributed by atoms with E-state index in [4.69, 9.17) is 0 Å². The van der Waals surface area contributed by atoms with Crippen molar-refractivity contribution in [1.82, 2.24) is 0 Å². The van der Waals surface area contributed by atoms with Gasteiger partial charge in [0.15, 0.2) is 0 Å². The molecule has 15 heavy (non-hydrogen) atoms. The summed E-state index contributed by atoms with van der Waals surface area (Å²) in [6.45, 7) is 2.26. The van der Waals surface area contributed by atoms with Crippen LogP contribution in [0.5, 0.6) is 0 Å². The molecule has 0 saturated heterocycles. The molecular formula is C13H26OSe. The maximum atomic E-state index is 10.6. The van der Waals surface area contributed by atoms with Gasteiger partial charge >= 0.3 is 101 Å². The van der Waals surface area contributed by atoms with Gasteiger partial charge in [-0.25, -0.2) is 0 Å². The Labute approximate surface area is 102 Å². The van der Waals surface area contributed by atoms with E-state index in [9.17, 15) is 4.79 Å². The summed E-state index contributed by atoms with van der Waals surface area (Å²) in [5.74, 6) is 2.16. The number of aldehydes is 1. The van der Waals surface area contributed by atoms with Crippen LogP contribution in [0.4, 0.5) is 0 Å². The Hall–Kier alpha value is 0.189. The summed E-state index contributed by atoms with van der Waals surface area (Å²) in [4.78, 5) is 11.0. The van der Waals surface area contributed by atoms with Gasteiger partial charge in [0.25, 0.3) is 0 Å². The summed E-state index contributed by atoms with van der Waals surface area (Å²) >= 11 is 0.517. The van der Waals surface area contributed by atoms with Crippen LogP contribution in [0, 0.1) is 0 Å². The molecule has 0 aromatic heterocycles. The average Bonchev–Trinajstić information content (AvgIpc) is 2.27. The molecule has 0 aromatic carbocycles. The molecule has 1 atom stereocenters. The summed E-state index contributed by atoms with van der Waals surface area (Å²) < 4.78 is 0. The van der Waals surface area contributed by atoms with Crippen LogP contribution in [0.25, 0.3) is 0 Å². The average molecular weight is 277 g/mol. The fourth-order valence-corrected chi connectivity index (χ4v) is 2.80. The first kappa shape index (κ1) is 15.2. The van der Waals surface area contributed by atoms with Gasteiger partial charge in [-0.1, -0.05) is 0 Å². The van der Waals surface area contributed by atoms with E-state index in [1.165, 1.54) is 51.4 Å². The van der Waals surface area contributed by atoms with E-state index in [-0.39, 0.29) is 0 Å². The van der Waals surface area contributed by atoms with Crippen molar-refractivity contribution in [1.29, 1.82) is 0 Å². The molecule has 0 aliphatic carbocycles. The van der Waals surface area contributed by atoms with E-state index in [1.807, 2.05) is 0 Å². The van der Waals surface area contributed by atoms with Crippen LogP contribution < -0.4 is 0 Å². The second-order valence-corrected chi connectivity index (χ2v) is 6.43. The van der Waals surface area contributed by atoms with Crippen molar-refractivity contribution in [3.05, 3.63) is 0 Å². The fraction of sp³-hybridized carbons (Fsp3) is 0.923. The van der Waals surface area contributed by atoms with Crippen LogP contribution in [0.1, 0.15) is 64.7 Å². The number of hydrogen-bond acceptors (Lipinski definition) is 1. The van der Waals surface area contributed by atoms with Crippen molar-refractivity contribution in [3.8, 4) is 0 Å². The summed E-state index contributed by atoms with van der Waals surface area (Å²) in [6.07, 6.45) is 13.2. The van der Waals surface area contributed by atoms with E-state index >= 15 is 0 Å². The van der Waals surface area contributed by atoms with Gasteiger partial charge in [-0.15, -0.1) is 0 Å². The predicted octanol–water partition coefficient (Wildman–Crippen LogP) is 4.26. The molecule has 0 spiro atoms. The molecule has 0 fully saturated rings. The number of hydrogen-bond donors (Lipinski definition) is 0. The molecular weight excluding hydrogens is 251 g/mol. The predicted molar refractivity (Wildman–Crippen MR) is 68.7 cm³/mol. The molecule has 0 aromatic rings. The van der Waals surface area contributed by atoms with Gasteiger partial charge in [-0.05, 0) is 0 Å². The van der Waals surface area contributed by atoms with Crippen molar-refractivity contribution < 1.29 is 4.79 Å². The molecule has 2 heteroatoms. The molecule has 0 aliphatic heterocycles. The Bertz CT molecular complexity index is 136. The molecule has 0 saturated carbocycles. The minimum absolute atomic E-state index is 0.387. The van der Waals surface area contributed by atoms with Crippen LogP contribution in [0.2, 0.25) is 10.6 Å². The molecule has 0 N–H and O–H groups in total. The second kappa shape index (κ2) is 12.3. The molecule has 0 radical (unpaired) electrons. The van der Waals surface area contributed by atoms with Gasteiger partial charge in [0, 0.05) is 0 Å².